The van der Waals surface area contributed by atoms with Crippen molar-refractivity contribution in [2.24, 2.45) is 0 Å². The number of carboxylic acid groups (broad SMARTS) is 1. The second kappa shape index (κ2) is 7.49. The van der Waals surface area contributed by atoms with Crippen LogP contribution in [0.1, 0.15) is 26.3 Å². The molecule has 2 rings (SSSR count). The van der Waals surface area contributed by atoms with Crippen LogP contribution in [0.25, 0.3) is 0 Å². The van der Waals surface area contributed by atoms with Gasteiger partial charge in [0, 0.05) is 22.9 Å². The molecule has 0 fully saturated rings. The van der Waals surface area contributed by atoms with Crippen LogP contribution in [0, 0.1) is 17.0 Å². The number of nitrogens with zero attached hydrogens (tertiary/aromatic N) is 1. The minimum atomic E-state index is -1.05. The first-order valence-corrected chi connectivity index (χ1v) is 7.40. The third-order valence-corrected chi connectivity index (χ3v) is 3.57. The maximum absolute atomic E-state index is 12.2. The fourth-order valence-electron chi connectivity index (χ4n) is 2.10. The van der Waals surface area contributed by atoms with E-state index in [4.69, 9.17) is 17.3 Å². The van der Waals surface area contributed by atoms with Crippen LogP contribution in [0.3, 0.4) is 0 Å². The number of nitro groups is 1. The van der Waals surface area contributed by atoms with Crippen molar-refractivity contribution in [2.45, 2.75) is 6.92 Å². The molecule has 0 saturated heterocycles. The predicted octanol–water partition coefficient (Wildman–Crippen LogP) is 2.73. The number of hydrogen-bond acceptors (Lipinski definition) is 5. The van der Waals surface area contributed by atoms with Crippen molar-refractivity contribution in [3.05, 3.63) is 69.3 Å². The number of rotatable bonds is 4. The van der Waals surface area contributed by atoms with Gasteiger partial charge in [-0.05, 0) is 49.5 Å². The molecule has 3 N–H and O–H groups in total. The van der Waals surface area contributed by atoms with Crippen LogP contribution in [0.4, 0.5) is 11.4 Å². The highest BCUT2D eigenvalue weighted by Crippen LogP contribution is 2.21. The zero-order chi connectivity index (χ0) is 18.6. The lowest BCUT2D eigenvalue weighted by Crippen LogP contribution is -2.34. The molecule has 0 radical (unpaired) electrons. The summed E-state index contributed by atoms with van der Waals surface area (Å²) >= 11 is 5.03. The Labute approximate surface area is 147 Å². The molecule has 25 heavy (non-hydrogen) atoms. The second-order valence-corrected chi connectivity index (χ2v) is 5.41. The summed E-state index contributed by atoms with van der Waals surface area (Å²) in [6.45, 7) is 1.48. The van der Waals surface area contributed by atoms with Gasteiger partial charge in [0.25, 0.3) is 11.6 Å². The first kappa shape index (κ1) is 18.0. The van der Waals surface area contributed by atoms with E-state index in [0.717, 1.165) is 0 Å². The van der Waals surface area contributed by atoms with Crippen LogP contribution in [-0.4, -0.2) is 27.0 Å². The van der Waals surface area contributed by atoms with Gasteiger partial charge in [-0.25, -0.2) is 4.79 Å². The van der Waals surface area contributed by atoms with Crippen molar-refractivity contribution in [1.29, 1.82) is 0 Å². The van der Waals surface area contributed by atoms with E-state index in [0.29, 0.717) is 5.69 Å². The van der Waals surface area contributed by atoms with E-state index in [2.05, 4.69) is 10.6 Å². The fourth-order valence-corrected chi connectivity index (χ4v) is 2.31. The van der Waals surface area contributed by atoms with Gasteiger partial charge in [-0.1, -0.05) is 6.07 Å². The molecule has 0 atom stereocenters. The van der Waals surface area contributed by atoms with Crippen molar-refractivity contribution < 1.29 is 19.6 Å². The first-order chi connectivity index (χ1) is 11.8. The number of carbonyl (C=O) groups is 2. The van der Waals surface area contributed by atoms with Gasteiger partial charge in [0.2, 0.25) is 0 Å². The summed E-state index contributed by atoms with van der Waals surface area (Å²) in [5.74, 6) is -1.63. The van der Waals surface area contributed by atoms with Crippen molar-refractivity contribution in [1.82, 2.24) is 5.32 Å². The van der Waals surface area contributed by atoms with Gasteiger partial charge < -0.3 is 10.4 Å². The molecule has 2 aromatic rings. The number of amides is 1. The maximum atomic E-state index is 12.2. The van der Waals surface area contributed by atoms with E-state index in [1.165, 1.54) is 49.4 Å². The molecular weight excluding hydrogens is 346 g/mol. The Morgan fingerprint density at radius 1 is 1.16 bits per heavy atom. The topological polar surface area (TPSA) is 122 Å². The van der Waals surface area contributed by atoms with Crippen molar-refractivity contribution in [2.75, 3.05) is 5.32 Å². The summed E-state index contributed by atoms with van der Waals surface area (Å²) in [6.07, 6.45) is 0. The van der Waals surface area contributed by atoms with Crippen LogP contribution in [0.2, 0.25) is 0 Å². The van der Waals surface area contributed by atoms with Crippen molar-refractivity contribution >= 4 is 40.6 Å². The molecule has 0 aliphatic rings. The standard InChI is InChI=1S/C16H13N3O5S/c1-9-12(3-2-4-13(9)19(23)24)14(20)18-16(25)17-11-7-5-10(6-8-11)15(21)22/h2-8H,1H3,(H,21,22)(H2,17,18,20,25). The average molecular weight is 359 g/mol. The predicted molar refractivity (Wildman–Crippen MR) is 94.9 cm³/mol. The second-order valence-electron chi connectivity index (χ2n) is 5.00. The summed E-state index contributed by atoms with van der Waals surface area (Å²) in [6, 6.07) is 9.97. The van der Waals surface area contributed by atoms with Crippen LogP contribution in [-0.2, 0) is 0 Å². The summed E-state index contributed by atoms with van der Waals surface area (Å²) < 4.78 is 0. The lowest BCUT2D eigenvalue weighted by atomic mass is 10.1. The Morgan fingerprint density at radius 3 is 2.36 bits per heavy atom. The van der Waals surface area contributed by atoms with E-state index >= 15 is 0 Å². The Balaban J connectivity index is 2.08. The average Bonchev–Trinajstić information content (AvgIpc) is 2.54. The Bertz CT molecular complexity index is 865. The first-order valence-electron chi connectivity index (χ1n) is 6.99. The molecule has 0 aromatic heterocycles. The maximum Gasteiger partial charge on any atom is 0.335 e. The molecule has 2 aromatic carbocycles. The van der Waals surface area contributed by atoms with Crippen LogP contribution >= 0.6 is 12.2 Å². The number of carboxylic acids is 1. The largest absolute Gasteiger partial charge is 0.478 e. The van der Waals surface area contributed by atoms with Crippen LogP contribution in [0.5, 0.6) is 0 Å². The van der Waals surface area contributed by atoms with Gasteiger partial charge >= 0.3 is 5.97 Å². The monoisotopic (exact) mass is 359 g/mol. The van der Waals surface area contributed by atoms with Gasteiger partial charge in [-0.2, -0.15) is 0 Å². The number of thiocarbonyl (C=S) groups is 1. The Hall–Kier alpha value is -3.33. The van der Waals surface area contributed by atoms with Gasteiger partial charge in [0.15, 0.2) is 5.11 Å². The smallest absolute Gasteiger partial charge is 0.335 e. The minimum Gasteiger partial charge on any atom is -0.478 e. The highest BCUT2D eigenvalue weighted by atomic mass is 32.1. The van der Waals surface area contributed by atoms with E-state index in [-0.39, 0.29) is 27.5 Å². The van der Waals surface area contributed by atoms with Gasteiger partial charge in [-0.3, -0.25) is 20.2 Å². The normalized spacial score (nSPS) is 9.96. The van der Waals surface area contributed by atoms with Crippen LogP contribution in [0.15, 0.2) is 42.5 Å². The molecule has 0 aliphatic carbocycles. The number of aromatic carboxylic acids is 1. The molecule has 0 aliphatic heterocycles. The molecule has 0 unspecified atom stereocenters. The third-order valence-electron chi connectivity index (χ3n) is 3.36. The van der Waals surface area contributed by atoms with Gasteiger partial charge in [-0.15, -0.1) is 0 Å². The fraction of sp³-hybridized carbons (Fsp3) is 0.0625. The summed E-state index contributed by atoms with van der Waals surface area (Å²) in [5.41, 5.74) is 0.827. The van der Waals surface area contributed by atoms with Gasteiger partial charge in [0.05, 0.1) is 10.5 Å². The SMILES string of the molecule is Cc1c(C(=O)NC(=S)Nc2ccc(C(=O)O)cc2)cccc1[N+](=O)[O-]. The molecule has 0 saturated carbocycles. The molecule has 8 nitrogen and oxygen atoms in total. The lowest BCUT2D eigenvalue weighted by molar-refractivity contribution is -0.385. The number of hydrogen-bond donors (Lipinski definition) is 3. The molecule has 9 heteroatoms. The molecule has 1 amide bonds. The summed E-state index contributed by atoms with van der Waals surface area (Å²) in [5, 5.41) is 24.9. The Kier molecular flexibility index (Phi) is 5.40. The third kappa shape index (κ3) is 4.36. The van der Waals surface area contributed by atoms with E-state index in [9.17, 15) is 19.7 Å². The van der Waals surface area contributed by atoms with Crippen molar-refractivity contribution in [3.8, 4) is 0 Å². The number of carbonyl (C=O) groups excluding carboxylic acids is 1. The van der Waals surface area contributed by atoms with E-state index < -0.39 is 16.8 Å². The van der Waals surface area contributed by atoms with Crippen LogP contribution < -0.4 is 10.6 Å². The zero-order valence-corrected chi connectivity index (χ0v) is 13.8. The summed E-state index contributed by atoms with van der Waals surface area (Å²) in [7, 11) is 0. The minimum absolute atomic E-state index is 0.0148. The number of nitrogens with one attached hydrogen (secondary N) is 2. The highest BCUT2D eigenvalue weighted by molar-refractivity contribution is 7.80. The number of anilines is 1. The molecule has 0 heterocycles. The zero-order valence-electron chi connectivity index (χ0n) is 13.0. The van der Waals surface area contributed by atoms with E-state index in [1.54, 1.807) is 0 Å². The Morgan fingerprint density at radius 2 is 1.80 bits per heavy atom. The molecule has 0 spiro atoms. The molecule has 0 bridgehead atoms. The van der Waals surface area contributed by atoms with Crippen molar-refractivity contribution in [3.63, 3.8) is 0 Å². The molecular formula is C16H13N3O5S. The lowest BCUT2D eigenvalue weighted by Gasteiger charge is -2.11. The van der Waals surface area contributed by atoms with Gasteiger partial charge in [0.1, 0.15) is 0 Å². The number of nitro benzene ring substituents is 1. The summed E-state index contributed by atoms with van der Waals surface area (Å²) in [4.78, 5) is 33.4. The quantitative estimate of drug-likeness (QED) is 0.436. The van der Waals surface area contributed by atoms with E-state index in [1.807, 2.05) is 0 Å². The molecule has 128 valence electrons. The highest BCUT2D eigenvalue weighted by Gasteiger charge is 2.18. The number of benzene rings is 2.